The Morgan fingerprint density at radius 2 is 1.64 bits per heavy atom. The normalized spacial score (nSPS) is 22.2. The molecule has 126 valence electrons. The Labute approximate surface area is 131 Å². The molecule has 1 amide bonds. The smallest absolute Gasteiger partial charge is 0.409 e. The van der Waals surface area contributed by atoms with E-state index in [9.17, 15) is 9.59 Å². The first-order valence-electron chi connectivity index (χ1n) is 7.73. The molecule has 1 unspecified atom stereocenters. The molecule has 8 heteroatoms. The number of nitrogens with one attached hydrogen (secondary N) is 1. The quantitative estimate of drug-likeness (QED) is 0.655. The third kappa shape index (κ3) is 4.31. The number of esters is 1. The van der Waals surface area contributed by atoms with Crippen LogP contribution >= 0.6 is 0 Å². The number of carbonyl (C=O) groups excluding carboxylic acids is 2. The van der Waals surface area contributed by atoms with Gasteiger partial charge in [0.25, 0.3) is 0 Å². The van der Waals surface area contributed by atoms with Crippen molar-refractivity contribution in [1.29, 1.82) is 0 Å². The molecule has 2 rings (SSSR count). The van der Waals surface area contributed by atoms with Gasteiger partial charge >= 0.3 is 12.1 Å². The Morgan fingerprint density at radius 3 is 2.18 bits per heavy atom. The summed E-state index contributed by atoms with van der Waals surface area (Å²) in [6.07, 6.45) is -0.286. The number of nitrogens with zero attached hydrogens (tertiary/aromatic N) is 3. The molecule has 2 saturated heterocycles. The van der Waals surface area contributed by atoms with Crippen molar-refractivity contribution in [2.24, 2.45) is 0 Å². The van der Waals surface area contributed by atoms with Gasteiger partial charge in [-0.25, -0.2) is 4.79 Å². The number of hydrogen-bond donors (Lipinski definition) is 1. The summed E-state index contributed by atoms with van der Waals surface area (Å²) >= 11 is 0. The molecule has 2 aliphatic heterocycles. The van der Waals surface area contributed by atoms with E-state index in [2.05, 4.69) is 15.1 Å². The van der Waals surface area contributed by atoms with Gasteiger partial charge in [-0.3, -0.25) is 14.6 Å². The lowest BCUT2D eigenvalue weighted by Gasteiger charge is -2.39. The first-order chi connectivity index (χ1) is 10.7. The van der Waals surface area contributed by atoms with Crippen molar-refractivity contribution in [2.75, 3.05) is 73.1 Å². The summed E-state index contributed by atoms with van der Waals surface area (Å²) in [5.74, 6) is -0.183. The fourth-order valence-corrected chi connectivity index (χ4v) is 2.96. The van der Waals surface area contributed by atoms with Crippen molar-refractivity contribution in [3.8, 4) is 0 Å². The zero-order valence-electron chi connectivity index (χ0n) is 13.4. The minimum Gasteiger partial charge on any atom is -0.468 e. The van der Waals surface area contributed by atoms with Crippen LogP contribution in [0.1, 0.15) is 0 Å². The maximum atomic E-state index is 12.1. The largest absolute Gasteiger partial charge is 0.468 e. The fourth-order valence-electron chi connectivity index (χ4n) is 2.96. The molecule has 0 aromatic carbocycles. The number of methoxy groups -OCH3 is 2. The molecule has 0 aromatic heterocycles. The summed E-state index contributed by atoms with van der Waals surface area (Å²) in [5.41, 5.74) is 0. The van der Waals surface area contributed by atoms with Crippen molar-refractivity contribution in [1.82, 2.24) is 20.0 Å². The molecule has 0 radical (unpaired) electrons. The molecule has 8 nitrogen and oxygen atoms in total. The number of carbonyl (C=O) groups is 2. The van der Waals surface area contributed by atoms with Crippen molar-refractivity contribution >= 4 is 12.1 Å². The number of hydrogen-bond acceptors (Lipinski definition) is 7. The highest BCUT2D eigenvalue weighted by Gasteiger charge is 2.31. The van der Waals surface area contributed by atoms with E-state index in [4.69, 9.17) is 9.47 Å². The average Bonchev–Trinajstić information content (AvgIpc) is 2.59. The van der Waals surface area contributed by atoms with Crippen LogP contribution in [0.4, 0.5) is 4.79 Å². The van der Waals surface area contributed by atoms with Gasteiger partial charge in [-0.15, -0.1) is 0 Å². The molecule has 2 fully saturated rings. The summed E-state index contributed by atoms with van der Waals surface area (Å²) < 4.78 is 9.71. The Bertz CT molecular complexity index is 379. The van der Waals surface area contributed by atoms with Gasteiger partial charge in [0, 0.05) is 58.9 Å². The zero-order valence-corrected chi connectivity index (χ0v) is 13.4. The van der Waals surface area contributed by atoms with Gasteiger partial charge in [-0.2, -0.15) is 0 Å². The zero-order chi connectivity index (χ0) is 15.9. The van der Waals surface area contributed by atoms with Crippen LogP contribution in [-0.2, 0) is 14.3 Å². The van der Waals surface area contributed by atoms with Crippen LogP contribution in [0.5, 0.6) is 0 Å². The fraction of sp³-hybridized carbons (Fsp3) is 0.857. The van der Waals surface area contributed by atoms with Gasteiger partial charge < -0.3 is 19.7 Å². The first kappa shape index (κ1) is 17.0. The molecule has 0 aromatic rings. The molecular formula is C14H26N4O4. The highest BCUT2D eigenvalue weighted by Crippen LogP contribution is 2.10. The molecule has 0 aliphatic carbocycles. The van der Waals surface area contributed by atoms with Crippen LogP contribution in [-0.4, -0.2) is 106 Å². The lowest BCUT2D eigenvalue weighted by atomic mass is 10.2. The van der Waals surface area contributed by atoms with Crippen molar-refractivity contribution in [3.63, 3.8) is 0 Å². The second-order valence-corrected chi connectivity index (χ2v) is 5.58. The van der Waals surface area contributed by atoms with Crippen LogP contribution in [0.3, 0.4) is 0 Å². The molecule has 22 heavy (non-hydrogen) atoms. The number of piperazine rings is 2. The molecule has 0 spiro atoms. The topological polar surface area (TPSA) is 74.3 Å². The van der Waals surface area contributed by atoms with E-state index in [0.29, 0.717) is 19.6 Å². The van der Waals surface area contributed by atoms with E-state index < -0.39 is 0 Å². The van der Waals surface area contributed by atoms with Crippen molar-refractivity contribution in [3.05, 3.63) is 0 Å². The number of amides is 1. The molecule has 0 saturated carbocycles. The maximum Gasteiger partial charge on any atom is 0.409 e. The molecule has 1 atom stereocenters. The minimum absolute atomic E-state index is 0.183. The van der Waals surface area contributed by atoms with E-state index in [-0.39, 0.29) is 18.1 Å². The lowest BCUT2D eigenvalue weighted by Crippen LogP contribution is -2.58. The van der Waals surface area contributed by atoms with Crippen molar-refractivity contribution < 1.29 is 19.1 Å². The minimum atomic E-state index is -0.286. The van der Waals surface area contributed by atoms with Crippen LogP contribution in [0.2, 0.25) is 0 Å². The van der Waals surface area contributed by atoms with Crippen LogP contribution in [0.15, 0.2) is 0 Å². The molecule has 1 N–H and O–H groups in total. The third-order valence-electron chi connectivity index (χ3n) is 4.30. The molecule has 2 heterocycles. The summed E-state index contributed by atoms with van der Waals surface area (Å²) in [4.78, 5) is 29.7. The predicted molar refractivity (Wildman–Crippen MR) is 80.7 cm³/mol. The van der Waals surface area contributed by atoms with Gasteiger partial charge in [-0.1, -0.05) is 0 Å². The van der Waals surface area contributed by atoms with E-state index in [0.717, 1.165) is 39.3 Å². The van der Waals surface area contributed by atoms with Gasteiger partial charge in [-0.05, 0) is 0 Å². The van der Waals surface area contributed by atoms with Gasteiger partial charge in [0.15, 0.2) is 0 Å². The van der Waals surface area contributed by atoms with Crippen molar-refractivity contribution in [2.45, 2.75) is 6.04 Å². The van der Waals surface area contributed by atoms with Gasteiger partial charge in [0.05, 0.1) is 14.2 Å². The Kier molecular flexibility index (Phi) is 6.41. The first-order valence-corrected chi connectivity index (χ1v) is 7.73. The lowest BCUT2D eigenvalue weighted by molar-refractivity contribution is -0.148. The highest BCUT2D eigenvalue weighted by molar-refractivity contribution is 5.76. The predicted octanol–water partition coefficient (Wildman–Crippen LogP) is -1.18. The molecule has 0 bridgehead atoms. The maximum absolute atomic E-state index is 12.1. The summed E-state index contributed by atoms with van der Waals surface area (Å²) in [7, 11) is 2.83. The summed E-state index contributed by atoms with van der Waals surface area (Å²) in [5, 5.41) is 3.29. The van der Waals surface area contributed by atoms with Crippen LogP contribution in [0, 0.1) is 0 Å². The van der Waals surface area contributed by atoms with E-state index in [1.807, 2.05) is 0 Å². The number of ether oxygens (including phenoxy) is 2. The number of rotatable bonds is 4. The summed E-state index contributed by atoms with van der Waals surface area (Å²) in [6, 6.07) is -0.239. The Balaban J connectivity index is 1.88. The van der Waals surface area contributed by atoms with Gasteiger partial charge in [0.2, 0.25) is 0 Å². The third-order valence-corrected chi connectivity index (χ3v) is 4.30. The average molecular weight is 314 g/mol. The molecular weight excluding hydrogens is 288 g/mol. The second kappa shape index (κ2) is 8.30. The highest BCUT2D eigenvalue weighted by atomic mass is 16.5. The SMILES string of the molecule is COC(=O)C(CN1CCN(C(=O)OC)CC1)N1CCNCC1. The van der Waals surface area contributed by atoms with E-state index in [1.54, 1.807) is 4.90 Å². The molecule has 2 aliphatic rings. The van der Waals surface area contributed by atoms with E-state index >= 15 is 0 Å². The summed E-state index contributed by atoms with van der Waals surface area (Å²) in [6.45, 7) is 6.87. The van der Waals surface area contributed by atoms with Crippen LogP contribution < -0.4 is 5.32 Å². The standard InChI is InChI=1S/C14H26N4O4/c1-21-13(19)12(17-5-3-15-4-6-17)11-16-7-9-18(10-8-16)14(20)22-2/h12,15H,3-11H2,1-2H3. The van der Waals surface area contributed by atoms with Gasteiger partial charge in [0.1, 0.15) is 6.04 Å². The van der Waals surface area contributed by atoms with E-state index in [1.165, 1.54) is 14.2 Å². The second-order valence-electron chi connectivity index (χ2n) is 5.58. The Hall–Kier alpha value is -1.38. The monoisotopic (exact) mass is 314 g/mol. The Morgan fingerprint density at radius 1 is 1.00 bits per heavy atom. The van der Waals surface area contributed by atoms with Crippen LogP contribution in [0.25, 0.3) is 0 Å².